The van der Waals surface area contributed by atoms with Gasteiger partial charge in [0.15, 0.2) is 0 Å². The molecule has 3 rings (SSSR count). The van der Waals surface area contributed by atoms with Gasteiger partial charge in [-0.2, -0.15) is 9.29 Å². The van der Waals surface area contributed by atoms with Crippen molar-refractivity contribution in [2.24, 2.45) is 0 Å². The van der Waals surface area contributed by atoms with Crippen LogP contribution in [0.15, 0.2) is 53.1 Å². The molecular weight excluding hydrogens is 402 g/mol. The summed E-state index contributed by atoms with van der Waals surface area (Å²) in [5, 5.41) is 4.34. The zero-order valence-electron chi connectivity index (χ0n) is 15.5. The second kappa shape index (κ2) is 8.72. The predicted octanol–water partition coefficient (Wildman–Crippen LogP) is 3.75. The maximum absolute atomic E-state index is 12.6. The largest absolute Gasteiger partial charge is 0.494 e. The Morgan fingerprint density at radius 1 is 1.14 bits per heavy atom. The van der Waals surface area contributed by atoms with Crippen LogP contribution in [0.5, 0.6) is 5.75 Å². The van der Waals surface area contributed by atoms with E-state index in [2.05, 4.69) is 10.1 Å². The SMILES string of the molecule is CCOc1ccc(-c2noc(CN(C)S(=O)(=O)Cc3ccccc3Cl)n2)cc1. The molecule has 3 aromatic rings. The van der Waals surface area contributed by atoms with Gasteiger partial charge in [0.25, 0.3) is 0 Å². The van der Waals surface area contributed by atoms with E-state index in [4.69, 9.17) is 20.9 Å². The van der Waals surface area contributed by atoms with Crippen LogP contribution in [0.25, 0.3) is 11.4 Å². The number of sulfonamides is 1. The van der Waals surface area contributed by atoms with Crippen molar-refractivity contribution in [3.05, 3.63) is 65.0 Å². The van der Waals surface area contributed by atoms with E-state index >= 15 is 0 Å². The molecule has 0 aliphatic carbocycles. The number of hydrogen-bond donors (Lipinski definition) is 0. The Bertz CT molecular complexity index is 1040. The average molecular weight is 422 g/mol. The van der Waals surface area contributed by atoms with Gasteiger partial charge in [-0.15, -0.1) is 0 Å². The first kappa shape index (κ1) is 20.3. The van der Waals surface area contributed by atoms with Crippen LogP contribution >= 0.6 is 11.6 Å². The lowest BCUT2D eigenvalue weighted by atomic mass is 10.2. The molecule has 2 aromatic carbocycles. The van der Waals surface area contributed by atoms with Crippen LogP contribution in [-0.2, 0) is 22.3 Å². The van der Waals surface area contributed by atoms with E-state index in [1.54, 1.807) is 24.3 Å². The normalized spacial score (nSPS) is 11.7. The number of nitrogens with zero attached hydrogens (tertiary/aromatic N) is 3. The van der Waals surface area contributed by atoms with Crippen molar-refractivity contribution in [2.45, 2.75) is 19.2 Å². The molecular formula is C19H20ClN3O4S. The first-order valence-electron chi connectivity index (χ1n) is 8.62. The van der Waals surface area contributed by atoms with Crippen molar-refractivity contribution < 1.29 is 17.7 Å². The van der Waals surface area contributed by atoms with E-state index < -0.39 is 10.0 Å². The molecule has 7 nitrogen and oxygen atoms in total. The molecule has 0 aliphatic heterocycles. The number of hydrogen-bond acceptors (Lipinski definition) is 6. The van der Waals surface area contributed by atoms with Crippen LogP contribution in [0.3, 0.4) is 0 Å². The van der Waals surface area contributed by atoms with Gasteiger partial charge >= 0.3 is 0 Å². The Hall–Kier alpha value is -2.42. The molecule has 1 aromatic heterocycles. The fourth-order valence-corrected chi connectivity index (χ4v) is 3.97. The Morgan fingerprint density at radius 2 is 1.86 bits per heavy atom. The van der Waals surface area contributed by atoms with Gasteiger partial charge in [-0.05, 0) is 42.8 Å². The quantitative estimate of drug-likeness (QED) is 0.550. The predicted molar refractivity (Wildman–Crippen MR) is 106 cm³/mol. The molecule has 0 saturated carbocycles. The maximum atomic E-state index is 12.6. The van der Waals surface area contributed by atoms with Crippen LogP contribution in [0, 0.1) is 0 Å². The van der Waals surface area contributed by atoms with E-state index in [0.717, 1.165) is 11.3 Å². The zero-order valence-corrected chi connectivity index (χ0v) is 17.1. The van der Waals surface area contributed by atoms with E-state index in [1.165, 1.54) is 11.4 Å². The Labute approximate surface area is 168 Å². The summed E-state index contributed by atoms with van der Waals surface area (Å²) in [4.78, 5) is 4.28. The summed E-state index contributed by atoms with van der Waals surface area (Å²) < 4.78 is 37.0. The van der Waals surface area contributed by atoms with Gasteiger partial charge in [0.2, 0.25) is 21.7 Å². The van der Waals surface area contributed by atoms with Gasteiger partial charge in [-0.25, -0.2) is 8.42 Å². The van der Waals surface area contributed by atoms with Crippen LogP contribution in [0.1, 0.15) is 18.4 Å². The lowest BCUT2D eigenvalue weighted by Crippen LogP contribution is -2.28. The van der Waals surface area contributed by atoms with Gasteiger partial charge in [-0.1, -0.05) is 35.0 Å². The van der Waals surface area contributed by atoms with Crippen LogP contribution in [-0.4, -0.2) is 36.5 Å². The summed E-state index contributed by atoms with van der Waals surface area (Å²) in [5.74, 6) is 1.13. The van der Waals surface area contributed by atoms with Crippen LogP contribution < -0.4 is 4.74 Å². The molecule has 0 aliphatic rings. The summed E-state index contributed by atoms with van der Waals surface area (Å²) in [6.07, 6.45) is 0. The van der Waals surface area contributed by atoms with Crippen LogP contribution in [0.2, 0.25) is 5.02 Å². The molecule has 0 spiro atoms. The number of halogens is 1. The standard InChI is InChI=1S/C19H20ClN3O4S/c1-3-26-16-10-8-14(9-11-16)19-21-18(27-22-19)12-23(2)28(24,25)13-15-6-4-5-7-17(15)20/h4-11H,3,12-13H2,1-2H3. The van der Waals surface area contributed by atoms with Gasteiger partial charge in [0, 0.05) is 17.6 Å². The Balaban J connectivity index is 1.69. The highest BCUT2D eigenvalue weighted by atomic mass is 35.5. The van der Waals surface area contributed by atoms with E-state index in [0.29, 0.717) is 23.0 Å². The highest BCUT2D eigenvalue weighted by Crippen LogP contribution is 2.22. The monoisotopic (exact) mass is 421 g/mol. The van der Waals surface area contributed by atoms with E-state index in [9.17, 15) is 8.42 Å². The molecule has 148 valence electrons. The minimum Gasteiger partial charge on any atom is -0.494 e. The van der Waals surface area contributed by atoms with Gasteiger partial charge < -0.3 is 9.26 Å². The van der Waals surface area contributed by atoms with E-state index in [-0.39, 0.29) is 18.2 Å². The molecule has 0 atom stereocenters. The van der Waals surface area contributed by atoms with Crippen molar-refractivity contribution >= 4 is 21.6 Å². The molecule has 0 unspecified atom stereocenters. The van der Waals surface area contributed by atoms with Gasteiger partial charge in [0.1, 0.15) is 5.75 Å². The topological polar surface area (TPSA) is 85.5 Å². The van der Waals surface area contributed by atoms with Crippen molar-refractivity contribution in [3.63, 3.8) is 0 Å². The number of rotatable bonds is 8. The summed E-state index contributed by atoms with van der Waals surface area (Å²) in [6, 6.07) is 14.1. The second-order valence-corrected chi connectivity index (χ2v) is 8.56. The molecule has 28 heavy (non-hydrogen) atoms. The third-order valence-corrected chi connectivity index (χ3v) is 6.14. The molecule has 0 bridgehead atoms. The molecule has 1 heterocycles. The molecule has 0 amide bonds. The number of benzene rings is 2. The molecule has 9 heteroatoms. The summed E-state index contributed by atoms with van der Waals surface area (Å²) in [6.45, 7) is 2.47. The number of aromatic nitrogens is 2. The Kier molecular flexibility index (Phi) is 6.33. The third kappa shape index (κ3) is 4.89. The second-order valence-electron chi connectivity index (χ2n) is 6.07. The molecule has 0 fully saturated rings. The molecule has 0 saturated heterocycles. The van der Waals surface area contributed by atoms with Crippen molar-refractivity contribution in [1.29, 1.82) is 0 Å². The van der Waals surface area contributed by atoms with Crippen molar-refractivity contribution in [1.82, 2.24) is 14.4 Å². The lowest BCUT2D eigenvalue weighted by Gasteiger charge is -2.15. The summed E-state index contributed by atoms with van der Waals surface area (Å²) >= 11 is 6.06. The van der Waals surface area contributed by atoms with Gasteiger partial charge in [-0.3, -0.25) is 0 Å². The molecule has 0 N–H and O–H groups in total. The van der Waals surface area contributed by atoms with Crippen LogP contribution in [0.4, 0.5) is 0 Å². The number of ether oxygens (including phenoxy) is 1. The first-order valence-corrected chi connectivity index (χ1v) is 10.6. The average Bonchev–Trinajstić information content (AvgIpc) is 3.13. The minimum absolute atomic E-state index is 0.0309. The maximum Gasteiger partial charge on any atom is 0.242 e. The fourth-order valence-electron chi connectivity index (χ4n) is 2.51. The third-order valence-electron chi connectivity index (χ3n) is 4.02. The van der Waals surface area contributed by atoms with Crippen molar-refractivity contribution in [2.75, 3.05) is 13.7 Å². The zero-order chi connectivity index (χ0) is 20.1. The summed E-state index contributed by atoms with van der Waals surface area (Å²) in [5.41, 5.74) is 1.29. The minimum atomic E-state index is -3.60. The highest BCUT2D eigenvalue weighted by Gasteiger charge is 2.22. The van der Waals surface area contributed by atoms with Crippen molar-refractivity contribution in [3.8, 4) is 17.1 Å². The first-order chi connectivity index (χ1) is 13.4. The fraction of sp³-hybridized carbons (Fsp3) is 0.263. The Morgan fingerprint density at radius 3 is 2.54 bits per heavy atom. The smallest absolute Gasteiger partial charge is 0.242 e. The summed E-state index contributed by atoms with van der Waals surface area (Å²) in [7, 11) is -2.13. The van der Waals surface area contributed by atoms with Gasteiger partial charge in [0.05, 0.1) is 18.9 Å². The lowest BCUT2D eigenvalue weighted by molar-refractivity contribution is 0.336. The highest BCUT2D eigenvalue weighted by molar-refractivity contribution is 7.88. The van der Waals surface area contributed by atoms with E-state index in [1.807, 2.05) is 31.2 Å². The molecule has 0 radical (unpaired) electrons.